The Morgan fingerprint density at radius 2 is 0.903 bits per heavy atom. The highest BCUT2D eigenvalue weighted by Gasteiger charge is 2.44. The zero-order chi connectivity index (χ0) is 22.7. The molecule has 1 unspecified atom stereocenters. The quantitative estimate of drug-likeness (QED) is 0.222. The lowest BCUT2D eigenvalue weighted by molar-refractivity contribution is -0.00236. The predicted molar refractivity (Wildman–Crippen MR) is 137 cm³/mol. The number of aliphatic hydroxyl groups is 2. The molecule has 1 saturated carbocycles. The third-order valence-electron chi connectivity index (χ3n) is 8.82. The molecule has 0 aromatic rings. The molecule has 0 aromatic heterocycles. The molecule has 1 aliphatic carbocycles. The van der Waals surface area contributed by atoms with Crippen molar-refractivity contribution in [2.75, 3.05) is 13.2 Å². The molecule has 2 N–H and O–H groups in total. The van der Waals surface area contributed by atoms with E-state index in [1.54, 1.807) is 0 Å². The Morgan fingerprint density at radius 3 is 1.35 bits per heavy atom. The van der Waals surface area contributed by atoms with E-state index in [9.17, 15) is 0 Å². The van der Waals surface area contributed by atoms with E-state index >= 15 is 0 Å². The summed E-state index contributed by atoms with van der Waals surface area (Å²) < 4.78 is 0. The van der Waals surface area contributed by atoms with E-state index < -0.39 is 0 Å². The highest BCUT2D eigenvalue weighted by atomic mass is 16.3. The Balaban J connectivity index is 2.71. The lowest BCUT2D eigenvalue weighted by Gasteiger charge is -2.51. The van der Waals surface area contributed by atoms with Crippen molar-refractivity contribution in [2.45, 2.75) is 162 Å². The second kappa shape index (κ2) is 18.4. The topological polar surface area (TPSA) is 40.5 Å². The van der Waals surface area contributed by atoms with Gasteiger partial charge in [0.05, 0.1) is 0 Å². The van der Waals surface area contributed by atoms with Crippen LogP contribution in [0.2, 0.25) is 0 Å². The summed E-state index contributed by atoms with van der Waals surface area (Å²) in [5.74, 6) is 0. The van der Waals surface area contributed by atoms with Crippen molar-refractivity contribution in [3.63, 3.8) is 0 Å². The van der Waals surface area contributed by atoms with Crippen molar-refractivity contribution in [3.05, 3.63) is 0 Å². The van der Waals surface area contributed by atoms with Crippen molar-refractivity contribution in [1.82, 2.24) is 0 Å². The SMILES string of the molecule is CCC1(C)CCCCCCCCC1(CCCCCCCCO)CCCCCCCCO. The Kier molecular flexibility index (Phi) is 17.1. The van der Waals surface area contributed by atoms with Gasteiger partial charge in [0, 0.05) is 13.2 Å². The summed E-state index contributed by atoms with van der Waals surface area (Å²) >= 11 is 0. The van der Waals surface area contributed by atoms with Gasteiger partial charge in [-0.2, -0.15) is 0 Å². The van der Waals surface area contributed by atoms with Gasteiger partial charge in [0.2, 0.25) is 0 Å². The van der Waals surface area contributed by atoms with Crippen LogP contribution >= 0.6 is 0 Å². The fourth-order valence-electron chi connectivity index (χ4n) is 6.35. The minimum Gasteiger partial charge on any atom is -0.396 e. The van der Waals surface area contributed by atoms with Crippen LogP contribution in [0.25, 0.3) is 0 Å². The molecule has 31 heavy (non-hydrogen) atoms. The summed E-state index contributed by atoms with van der Waals surface area (Å²) in [6.07, 6.45) is 31.1. The zero-order valence-corrected chi connectivity index (χ0v) is 21.6. The summed E-state index contributed by atoms with van der Waals surface area (Å²) in [5, 5.41) is 18.0. The van der Waals surface area contributed by atoms with Gasteiger partial charge < -0.3 is 10.2 Å². The van der Waals surface area contributed by atoms with Crippen LogP contribution in [-0.4, -0.2) is 23.4 Å². The Morgan fingerprint density at radius 1 is 0.516 bits per heavy atom. The monoisotopic (exact) mass is 438 g/mol. The molecule has 1 rings (SSSR count). The van der Waals surface area contributed by atoms with Crippen molar-refractivity contribution in [3.8, 4) is 0 Å². The summed E-state index contributed by atoms with van der Waals surface area (Å²) in [6.45, 7) is 5.86. The molecule has 0 radical (unpaired) electrons. The van der Waals surface area contributed by atoms with Crippen molar-refractivity contribution >= 4 is 0 Å². The summed E-state index contributed by atoms with van der Waals surface area (Å²) in [4.78, 5) is 0. The van der Waals surface area contributed by atoms with Gasteiger partial charge in [-0.3, -0.25) is 0 Å². The molecule has 2 nitrogen and oxygen atoms in total. The van der Waals surface area contributed by atoms with E-state index in [4.69, 9.17) is 10.2 Å². The largest absolute Gasteiger partial charge is 0.396 e. The standard InChI is InChI=1S/C29H58O2/c1-3-28(2)22-16-10-4-5-11-17-23-29(28,24-18-12-6-8-14-20-26-30)25-19-13-7-9-15-21-27-31/h30-31H,3-27H2,1-2H3. The van der Waals surface area contributed by atoms with Crippen LogP contribution in [-0.2, 0) is 0 Å². The summed E-state index contributed by atoms with van der Waals surface area (Å²) in [5.41, 5.74) is 1.06. The average molecular weight is 439 g/mol. The molecule has 0 amide bonds. The van der Waals surface area contributed by atoms with Crippen LogP contribution < -0.4 is 0 Å². The summed E-state index contributed by atoms with van der Waals surface area (Å²) in [6, 6.07) is 0. The second-order valence-corrected chi connectivity index (χ2v) is 11.0. The highest BCUT2D eigenvalue weighted by Crippen LogP contribution is 2.55. The van der Waals surface area contributed by atoms with Gasteiger partial charge in [-0.15, -0.1) is 0 Å². The molecule has 1 aliphatic rings. The molecule has 2 heteroatoms. The third-order valence-corrected chi connectivity index (χ3v) is 8.82. The van der Waals surface area contributed by atoms with Gasteiger partial charge >= 0.3 is 0 Å². The van der Waals surface area contributed by atoms with Gasteiger partial charge in [0.15, 0.2) is 0 Å². The molecule has 0 heterocycles. The molecule has 0 saturated heterocycles. The Hall–Kier alpha value is -0.0800. The third kappa shape index (κ3) is 11.6. The first-order chi connectivity index (χ1) is 15.1. The highest BCUT2D eigenvalue weighted by molar-refractivity contribution is 4.95. The van der Waals surface area contributed by atoms with E-state index in [2.05, 4.69) is 13.8 Å². The van der Waals surface area contributed by atoms with Crippen LogP contribution in [0.1, 0.15) is 162 Å². The maximum atomic E-state index is 9.00. The number of unbranched alkanes of at least 4 members (excludes halogenated alkanes) is 10. The van der Waals surface area contributed by atoms with Gasteiger partial charge in [0.25, 0.3) is 0 Å². The second-order valence-electron chi connectivity index (χ2n) is 11.0. The first kappa shape index (κ1) is 29.0. The van der Waals surface area contributed by atoms with E-state index in [-0.39, 0.29) is 0 Å². The molecular weight excluding hydrogens is 380 g/mol. The molecule has 0 aliphatic heterocycles. The zero-order valence-electron chi connectivity index (χ0n) is 21.6. The molecule has 0 spiro atoms. The van der Waals surface area contributed by atoms with Crippen LogP contribution in [0.15, 0.2) is 0 Å². The number of hydrogen-bond acceptors (Lipinski definition) is 2. The number of rotatable bonds is 17. The fraction of sp³-hybridized carbons (Fsp3) is 1.00. The van der Waals surface area contributed by atoms with Crippen LogP contribution in [0.4, 0.5) is 0 Å². The van der Waals surface area contributed by atoms with Crippen molar-refractivity contribution in [1.29, 1.82) is 0 Å². The maximum Gasteiger partial charge on any atom is 0.0431 e. The molecule has 0 aromatic carbocycles. The first-order valence-corrected chi connectivity index (χ1v) is 14.4. The number of hydrogen-bond donors (Lipinski definition) is 2. The Labute approximate surface area is 196 Å². The number of aliphatic hydroxyl groups excluding tert-OH is 2. The minimum atomic E-state index is 0.359. The lowest BCUT2D eigenvalue weighted by atomic mass is 9.54. The fourth-order valence-corrected chi connectivity index (χ4v) is 6.35. The van der Waals surface area contributed by atoms with Gasteiger partial charge in [0.1, 0.15) is 0 Å². The van der Waals surface area contributed by atoms with Gasteiger partial charge in [-0.05, 0) is 49.4 Å². The van der Waals surface area contributed by atoms with Crippen molar-refractivity contribution < 1.29 is 10.2 Å². The maximum absolute atomic E-state index is 9.00. The van der Waals surface area contributed by atoms with Crippen LogP contribution in [0, 0.1) is 10.8 Å². The van der Waals surface area contributed by atoms with Gasteiger partial charge in [-0.25, -0.2) is 0 Å². The molecule has 1 atom stereocenters. The van der Waals surface area contributed by atoms with E-state index in [0.29, 0.717) is 24.0 Å². The lowest BCUT2D eigenvalue weighted by Crippen LogP contribution is -2.40. The minimum absolute atomic E-state index is 0.359. The van der Waals surface area contributed by atoms with Crippen molar-refractivity contribution in [2.24, 2.45) is 10.8 Å². The first-order valence-electron chi connectivity index (χ1n) is 14.4. The summed E-state index contributed by atoms with van der Waals surface area (Å²) in [7, 11) is 0. The van der Waals surface area contributed by atoms with Crippen LogP contribution in [0.3, 0.4) is 0 Å². The van der Waals surface area contributed by atoms with Gasteiger partial charge in [-0.1, -0.05) is 123 Å². The van der Waals surface area contributed by atoms with Crippen LogP contribution in [0.5, 0.6) is 0 Å². The predicted octanol–water partition coefficient (Wildman–Crippen LogP) is 8.97. The van der Waals surface area contributed by atoms with E-state index in [0.717, 1.165) is 12.8 Å². The molecule has 0 bridgehead atoms. The Bertz CT molecular complexity index is 376. The van der Waals surface area contributed by atoms with E-state index in [1.165, 1.54) is 135 Å². The smallest absolute Gasteiger partial charge is 0.0431 e. The molecular formula is C29H58O2. The average Bonchev–Trinajstić information content (AvgIpc) is 2.78. The normalized spacial score (nSPS) is 22.5. The molecule has 1 fully saturated rings. The van der Waals surface area contributed by atoms with E-state index in [1.807, 2.05) is 0 Å². The molecule has 186 valence electrons.